The van der Waals surface area contributed by atoms with Gasteiger partial charge in [-0.15, -0.1) is 0 Å². The third-order valence-corrected chi connectivity index (χ3v) is 4.76. The van der Waals surface area contributed by atoms with Crippen LogP contribution in [0.4, 0.5) is 5.69 Å². The number of piperazine rings is 1. The lowest BCUT2D eigenvalue weighted by Crippen LogP contribution is -2.48. The molecule has 1 heterocycles. The summed E-state index contributed by atoms with van der Waals surface area (Å²) in [6.45, 7) is 4.30. The van der Waals surface area contributed by atoms with E-state index in [0.717, 1.165) is 16.8 Å². The molecule has 6 heteroatoms. The minimum absolute atomic E-state index is 0.00328. The molecule has 0 aromatic heterocycles. The Morgan fingerprint density at radius 1 is 1.21 bits per heavy atom. The van der Waals surface area contributed by atoms with Crippen molar-refractivity contribution in [3.8, 4) is 0 Å². The van der Waals surface area contributed by atoms with Crippen LogP contribution < -0.4 is 4.90 Å². The number of benzene rings is 1. The molecule has 5 nitrogen and oxygen atoms in total. The molecule has 0 atom stereocenters. The summed E-state index contributed by atoms with van der Waals surface area (Å²) < 4.78 is 24.4. The van der Waals surface area contributed by atoms with Crippen molar-refractivity contribution in [2.75, 3.05) is 37.3 Å². The van der Waals surface area contributed by atoms with E-state index >= 15 is 0 Å². The molecule has 1 fully saturated rings. The SMILES string of the molecule is Cc1ccc(N2CCN(S(C)(=O)=O)CC2)c(CO)c1. The Bertz CT molecular complexity index is 549. The molecule has 1 aliphatic heterocycles. The predicted octanol–water partition coefficient (Wildman–Crippen LogP) is 0.569. The van der Waals surface area contributed by atoms with Gasteiger partial charge in [0.25, 0.3) is 0 Å². The monoisotopic (exact) mass is 284 g/mol. The van der Waals surface area contributed by atoms with Crippen LogP contribution in [-0.2, 0) is 16.6 Å². The van der Waals surface area contributed by atoms with Gasteiger partial charge in [-0.25, -0.2) is 8.42 Å². The fourth-order valence-corrected chi connectivity index (χ4v) is 3.24. The Morgan fingerprint density at radius 3 is 2.37 bits per heavy atom. The summed E-state index contributed by atoms with van der Waals surface area (Å²) in [5.41, 5.74) is 3.01. The van der Waals surface area contributed by atoms with E-state index in [1.54, 1.807) is 0 Å². The second kappa shape index (κ2) is 5.48. The molecule has 19 heavy (non-hydrogen) atoms. The normalized spacial score (nSPS) is 17.7. The van der Waals surface area contributed by atoms with Gasteiger partial charge in [0.15, 0.2) is 0 Å². The average molecular weight is 284 g/mol. The van der Waals surface area contributed by atoms with Crippen LogP contribution in [0.5, 0.6) is 0 Å². The van der Waals surface area contributed by atoms with Crippen molar-refractivity contribution in [2.24, 2.45) is 0 Å². The highest BCUT2D eigenvalue weighted by molar-refractivity contribution is 7.88. The Balaban J connectivity index is 2.14. The highest BCUT2D eigenvalue weighted by Gasteiger charge is 2.24. The highest BCUT2D eigenvalue weighted by Crippen LogP contribution is 2.23. The number of aryl methyl sites for hydroxylation is 1. The van der Waals surface area contributed by atoms with Crippen molar-refractivity contribution < 1.29 is 13.5 Å². The quantitative estimate of drug-likeness (QED) is 0.881. The van der Waals surface area contributed by atoms with Gasteiger partial charge in [0.05, 0.1) is 12.9 Å². The molecule has 1 aromatic carbocycles. The molecular formula is C13H20N2O3S. The first-order valence-corrected chi connectivity index (χ1v) is 8.17. The lowest BCUT2D eigenvalue weighted by molar-refractivity contribution is 0.281. The summed E-state index contributed by atoms with van der Waals surface area (Å²) in [6.07, 6.45) is 1.24. The Morgan fingerprint density at radius 2 is 1.84 bits per heavy atom. The van der Waals surface area contributed by atoms with Gasteiger partial charge in [-0.1, -0.05) is 17.7 Å². The number of hydrogen-bond donors (Lipinski definition) is 1. The summed E-state index contributed by atoms with van der Waals surface area (Å²) in [5.74, 6) is 0. The van der Waals surface area contributed by atoms with Crippen LogP contribution in [0.25, 0.3) is 0 Å². The predicted molar refractivity (Wildman–Crippen MR) is 75.7 cm³/mol. The molecular weight excluding hydrogens is 264 g/mol. The average Bonchev–Trinajstić information content (AvgIpc) is 2.37. The zero-order valence-corrected chi connectivity index (χ0v) is 12.2. The molecule has 0 spiro atoms. The number of nitrogens with zero attached hydrogens (tertiary/aromatic N) is 2. The van der Waals surface area contributed by atoms with Crippen LogP contribution in [-0.4, -0.2) is 50.3 Å². The Labute approximate surface area is 114 Å². The van der Waals surface area contributed by atoms with Gasteiger partial charge in [-0.3, -0.25) is 0 Å². The van der Waals surface area contributed by atoms with E-state index in [9.17, 15) is 13.5 Å². The van der Waals surface area contributed by atoms with Crippen LogP contribution in [0.15, 0.2) is 18.2 Å². The number of aliphatic hydroxyl groups is 1. The van der Waals surface area contributed by atoms with Crippen LogP contribution in [0.2, 0.25) is 0 Å². The first-order valence-electron chi connectivity index (χ1n) is 6.32. The van der Waals surface area contributed by atoms with Crippen LogP contribution in [0.3, 0.4) is 0 Å². The van der Waals surface area contributed by atoms with Gasteiger partial charge in [-0.05, 0) is 13.0 Å². The fourth-order valence-electron chi connectivity index (χ4n) is 2.41. The van der Waals surface area contributed by atoms with Gasteiger partial charge in [0.2, 0.25) is 10.0 Å². The van der Waals surface area contributed by atoms with Crippen molar-refractivity contribution in [1.82, 2.24) is 4.31 Å². The first-order chi connectivity index (χ1) is 8.91. The summed E-state index contributed by atoms with van der Waals surface area (Å²) in [7, 11) is -3.10. The van der Waals surface area contributed by atoms with E-state index in [2.05, 4.69) is 4.90 Å². The molecule has 0 aliphatic carbocycles. The van der Waals surface area contributed by atoms with Crippen molar-refractivity contribution in [3.05, 3.63) is 29.3 Å². The van der Waals surface area contributed by atoms with Gasteiger partial charge >= 0.3 is 0 Å². The third-order valence-electron chi connectivity index (χ3n) is 3.45. The lowest BCUT2D eigenvalue weighted by atomic mass is 10.1. The summed E-state index contributed by atoms with van der Waals surface area (Å²) in [6, 6.07) is 5.98. The van der Waals surface area contributed by atoms with Crippen LogP contribution >= 0.6 is 0 Å². The topological polar surface area (TPSA) is 60.9 Å². The summed E-state index contributed by atoms with van der Waals surface area (Å²) in [5, 5.41) is 9.42. The van der Waals surface area contributed by atoms with Gasteiger partial charge < -0.3 is 10.0 Å². The van der Waals surface area contributed by atoms with E-state index in [1.165, 1.54) is 10.6 Å². The van der Waals surface area contributed by atoms with Crippen molar-refractivity contribution >= 4 is 15.7 Å². The minimum Gasteiger partial charge on any atom is -0.392 e. The molecule has 0 unspecified atom stereocenters. The van der Waals surface area contributed by atoms with Gasteiger partial charge in [0, 0.05) is 37.4 Å². The number of anilines is 1. The Kier molecular flexibility index (Phi) is 4.13. The minimum atomic E-state index is -3.10. The standard InChI is InChI=1S/C13H20N2O3S/c1-11-3-4-13(12(9-11)10-16)14-5-7-15(8-6-14)19(2,17)18/h3-4,9,16H,5-8,10H2,1-2H3. The third kappa shape index (κ3) is 3.26. The maximum Gasteiger partial charge on any atom is 0.211 e. The summed E-state index contributed by atoms with van der Waals surface area (Å²) in [4.78, 5) is 2.13. The largest absolute Gasteiger partial charge is 0.392 e. The molecule has 2 rings (SSSR count). The molecule has 0 amide bonds. The van der Waals surface area contributed by atoms with E-state index in [4.69, 9.17) is 0 Å². The second-order valence-corrected chi connectivity index (χ2v) is 6.92. The second-order valence-electron chi connectivity index (χ2n) is 4.94. The fraction of sp³-hybridized carbons (Fsp3) is 0.538. The molecule has 1 aromatic rings. The zero-order chi connectivity index (χ0) is 14.0. The Hall–Kier alpha value is -1.11. The van der Waals surface area contributed by atoms with E-state index in [-0.39, 0.29) is 6.61 Å². The van der Waals surface area contributed by atoms with E-state index < -0.39 is 10.0 Å². The van der Waals surface area contributed by atoms with E-state index in [1.807, 2.05) is 25.1 Å². The molecule has 106 valence electrons. The first kappa shape index (κ1) is 14.3. The van der Waals surface area contributed by atoms with Gasteiger partial charge in [-0.2, -0.15) is 4.31 Å². The molecule has 1 aliphatic rings. The van der Waals surface area contributed by atoms with Crippen LogP contribution in [0, 0.1) is 6.92 Å². The number of aliphatic hydroxyl groups excluding tert-OH is 1. The maximum atomic E-state index is 11.5. The summed E-state index contributed by atoms with van der Waals surface area (Å²) >= 11 is 0. The molecule has 0 saturated carbocycles. The van der Waals surface area contributed by atoms with E-state index in [0.29, 0.717) is 26.2 Å². The van der Waals surface area contributed by atoms with Crippen LogP contribution in [0.1, 0.15) is 11.1 Å². The highest BCUT2D eigenvalue weighted by atomic mass is 32.2. The lowest BCUT2D eigenvalue weighted by Gasteiger charge is -2.35. The van der Waals surface area contributed by atoms with Crippen molar-refractivity contribution in [3.63, 3.8) is 0 Å². The maximum absolute atomic E-state index is 11.5. The number of rotatable bonds is 3. The number of hydrogen-bond acceptors (Lipinski definition) is 4. The van der Waals surface area contributed by atoms with Crippen molar-refractivity contribution in [2.45, 2.75) is 13.5 Å². The van der Waals surface area contributed by atoms with Gasteiger partial charge in [0.1, 0.15) is 0 Å². The molecule has 1 saturated heterocycles. The zero-order valence-electron chi connectivity index (χ0n) is 11.3. The smallest absolute Gasteiger partial charge is 0.211 e. The number of sulfonamides is 1. The molecule has 0 bridgehead atoms. The molecule has 0 radical (unpaired) electrons. The van der Waals surface area contributed by atoms with Crippen molar-refractivity contribution in [1.29, 1.82) is 0 Å². The molecule has 1 N–H and O–H groups in total.